The van der Waals surface area contributed by atoms with Crippen molar-refractivity contribution in [2.75, 3.05) is 0 Å². The third-order valence-corrected chi connectivity index (χ3v) is 6.07. The van der Waals surface area contributed by atoms with Crippen LogP contribution in [0.2, 0.25) is 0 Å². The molecule has 140 valence electrons. The van der Waals surface area contributed by atoms with Crippen LogP contribution in [0, 0.1) is 0 Å². The molecule has 7 rings (SSSR count). The van der Waals surface area contributed by atoms with E-state index in [1.165, 1.54) is 32.7 Å². The van der Waals surface area contributed by atoms with Crippen molar-refractivity contribution in [1.82, 2.24) is 14.0 Å². The topological polar surface area (TPSA) is 22.2 Å². The maximum atomic E-state index is 5.10. The van der Waals surface area contributed by atoms with E-state index in [9.17, 15) is 0 Å². The Kier molecular flexibility index (Phi) is 3.00. The van der Waals surface area contributed by atoms with Gasteiger partial charge in [-0.15, -0.1) is 0 Å². The third kappa shape index (κ3) is 1.91. The van der Waals surface area contributed by atoms with E-state index in [1.54, 1.807) is 0 Å². The quantitative estimate of drug-likeness (QED) is 0.308. The van der Waals surface area contributed by atoms with Gasteiger partial charge in [0.25, 0.3) is 0 Å². The summed E-state index contributed by atoms with van der Waals surface area (Å²) in [6.45, 7) is 0. The molecule has 0 unspecified atom stereocenters. The zero-order valence-electron chi connectivity index (χ0n) is 16.2. The molecule has 7 aromatic rings. The summed E-state index contributed by atoms with van der Waals surface area (Å²) in [5.74, 6) is 0. The average Bonchev–Trinajstić information content (AvgIpc) is 3.36. The summed E-state index contributed by atoms with van der Waals surface area (Å²) >= 11 is 0. The Labute approximate surface area is 172 Å². The van der Waals surface area contributed by atoms with Gasteiger partial charge in [-0.2, -0.15) is 0 Å². The lowest BCUT2D eigenvalue weighted by Gasteiger charge is -2.11. The van der Waals surface area contributed by atoms with Gasteiger partial charge < -0.3 is 4.57 Å². The molecule has 0 spiro atoms. The molecule has 3 nitrogen and oxygen atoms in total. The van der Waals surface area contributed by atoms with E-state index in [1.807, 2.05) is 0 Å². The van der Waals surface area contributed by atoms with E-state index in [4.69, 9.17) is 4.98 Å². The van der Waals surface area contributed by atoms with Gasteiger partial charge in [0.2, 0.25) is 0 Å². The summed E-state index contributed by atoms with van der Waals surface area (Å²) in [5, 5.41) is 3.65. The number of nitrogens with zero attached hydrogens (tertiary/aromatic N) is 3. The van der Waals surface area contributed by atoms with Gasteiger partial charge in [-0.05, 0) is 36.4 Å². The molecule has 3 heterocycles. The maximum absolute atomic E-state index is 5.10. The molecule has 0 fully saturated rings. The van der Waals surface area contributed by atoms with Crippen molar-refractivity contribution in [2.45, 2.75) is 0 Å². The predicted octanol–water partition coefficient (Wildman–Crippen LogP) is 6.74. The monoisotopic (exact) mass is 383 g/mol. The Morgan fingerprint density at radius 1 is 0.533 bits per heavy atom. The minimum Gasteiger partial charge on any atom is -0.308 e. The summed E-state index contributed by atoms with van der Waals surface area (Å²) in [6.07, 6.45) is 0. The Balaban J connectivity index is 1.88. The SMILES string of the molecule is c1ccc(-n2c3ccccc3c3c2c2ccccc2n2c4ccccc4nc32)cc1. The van der Waals surface area contributed by atoms with Crippen LogP contribution in [0.4, 0.5) is 0 Å². The normalized spacial score (nSPS) is 12.0. The minimum absolute atomic E-state index is 1.01. The zero-order valence-corrected chi connectivity index (χ0v) is 16.2. The molecule has 0 radical (unpaired) electrons. The summed E-state index contributed by atoms with van der Waals surface area (Å²) in [5.41, 5.74) is 7.91. The first-order valence-corrected chi connectivity index (χ1v) is 10.2. The zero-order chi connectivity index (χ0) is 19.7. The van der Waals surface area contributed by atoms with Crippen molar-refractivity contribution in [3.63, 3.8) is 0 Å². The van der Waals surface area contributed by atoms with E-state index in [2.05, 4.69) is 112 Å². The summed E-state index contributed by atoms with van der Waals surface area (Å²) in [6, 6.07) is 36.3. The van der Waals surface area contributed by atoms with Gasteiger partial charge in [-0.3, -0.25) is 4.40 Å². The molecule has 0 N–H and O–H groups in total. The fourth-order valence-corrected chi connectivity index (χ4v) is 4.87. The number of benzene rings is 4. The molecule has 0 saturated heterocycles. The second-order valence-electron chi connectivity index (χ2n) is 7.69. The third-order valence-electron chi connectivity index (χ3n) is 6.07. The van der Waals surface area contributed by atoms with E-state index >= 15 is 0 Å². The molecule has 0 saturated carbocycles. The highest BCUT2D eigenvalue weighted by atomic mass is 15.0. The van der Waals surface area contributed by atoms with Crippen LogP contribution >= 0.6 is 0 Å². The van der Waals surface area contributed by atoms with E-state index < -0.39 is 0 Å². The number of hydrogen-bond donors (Lipinski definition) is 0. The van der Waals surface area contributed by atoms with Gasteiger partial charge in [0, 0.05) is 16.5 Å². The molecule has 0 amide bonds. The fourth-order valence-electron chi connectivity index (χ4n) is 4.87. The molecular weight excluding hydrogens is 366 g/mol. The molecule has 3 aromatic heterocycles. The standard InChI is InChI=1S/C27H17N3/c1-2-10-18(11-3-1)29-22-15-7-4-12-19(22)25-26(29)20-13-5-8-16-23(20)30-24-17-9-6-14-21(24)28-27(25)30/h1-17H. The number of imidazole rings is 1. The van der Waals surface area contributed by atoms with Gasteiger partial charge in [-0.25, -0.2) is 4.98 Å². The van der Waals surface area contributed by atoms with Crippen LogP contribution in [0.5, 0.6) is 0 Å². The van der Waals surface area contributed by atoms with Gasteiger partial charge in [0.05, 0.1) is 33.0 Å². The van der Waals surface area contributed by atoms with Crippen molar-refractivity contribution in [2.24, 2.45) is 0 Å². The van der Waals surface area contributed by atoms with Gasteiger partial charge in [-0.1, -0.05) is 66.7 Å². The lowest BCUT2D eigenvalue weighted by molar-refractivity contribution is 1.18. The van der Waals surface area contributed by atoms with Gasteiger partial charge in [0.15, 0.2) is 0 Å². The Bertz CT molecular complexity index is 1740. The number of pyridine rings is 1. The first-order chi connectivity index (χ1) is 14.9. The van der Waals surface area contributed by atoms with Gasteiger partial charge >= 0.3 is 0 Å². The second kappa shape index (κ2) is 5.71. The van der Waals surface area contributed by atoms with Crippen molar-refractivity contribution in [3.8, 4) is 5.69 Å². The first-order valence-electron chi connectivity index (χ1n) is 10.2. The highest BCUT2D eigenvalue weighted by molar-refractivity contribution is 6.24. The number of fused-ring (bicyclic) bond motifs is 10. The van der Waals surface area contributed by atoms with Crippen molar-refractivity contribution in [1.29, 1.82) is 0 Å². The largest absolute Gasteiger partial charge is 0.308 e. The molecule has 0 atom stereocenters. The van der Waals surface area contributed by atoms with E-state index in [-0.39, 0.29) is 0 Å². The van der Waals surface area contributed by atoms with Crippen molar-refractivity contribution in [3.05, 3.63) is 103 Å². The van der Waals surface area contributed by atoms with Gasteiger partial charge in [0.1, 0.15) is 5.65 Å². The molecular formula is C27H17N3. The highest BCUT2D eigenvalue weighted by Crippen LogP contribution is 2.40. The molecule has 4 aromatic carbocycles. The summed E-state index contributed by atoms with van der Waals surface area (Å²) < 4.78 is 4.70. The Hall–Kier alpha value is -4.11. The molecule has 3 heteroatoms. The molecule has 0 aliphatic carbocycles. The van der Waals surface area contributed by atoms with Crippen LogP contribution < -0.4 is 0 Å². The number of hydrogen-bond acceptors (Lipinski definition) is 1. The van der Waals surface area contributed by atoms with Crippen LogP contribution in [0.1, 0.15) is 0 Å². The second-order valence-corrected chi connectivity index (χ2v) is 7.69. The number of rotatable bonds is 1. The van der Waals surface area contributed by atoms with Crippen LogP contribution in [-0.2, 0) is 0 Å². The predicted molar refractivity (Wildman–Crippen MR) is 125 cm³/mol. The summed E-state index contributed by atoms with van der Waals surface area (Å²) in [4.78, 5) is 5.10. The first kappa shape index (κ1) is 15.8. The van der Waals surface area contributed by atoms with Crippen molar-refractivity contribution < 1.29 is 0 Å². The van der Waals surface area contributed by atoms with Crippen LogP contribution in [0.15, 0.2) is 103 Å². The fraction of sp³-hybridized carbons (Fsp3) is 0. The average molecular weight is 383 g/mol. The van der Waals surface area contributed by atoms with Crippen LogP contribution in [0.25, 0.3) is 55.1 Å². The molecule has 0 aliphatic rings. The van der Waals surface area contributed by atoms with Crippen molar-refractivity contribution >= 4 is 49.4 Å². The van der Waals surface area contributed by atoms with Crippen LogP contribution in [0.3, 0.4) is 0 Å². The minimum atomic E-state index is 1.01. The smallest absolute Gasteiger partial charge is 0.148 e. The van der Waals surface area contributed by atoms with E-state index in [0.29, 0.717) is 0 Å². The Morgan fingerprint density at radius 3 is 2.00 bits per heavy atom. The number of aromatic nitrogens is 3. The molecule has 0 aliphatic heterocycles. The highest BCUT2D eigenvalue weighted by Gasteiger charge is 2.20. The Morgan fingerprint density at radius 2 is 1.17 bits per heavy atom. The molecule has 0 bridgehead atoms. The summed E-state index contributed by atoms with van der Waals surface area (Å²) in [7, 11) is 0. The molecule has 30 heavy (non-hydrogen) atoms. The maximum Gasteiger partial charge on any atom is 0.148 e. The van der Waals surface area contributed by atoms with Crippen LogP contribution in [-0.4, -0.2) is 14.0 Å². The van der Waals surface area contributed by atoms with E-state index in [0.717, 1.165) is 22.4 Å². The lowest BCUT2D eigenvalue weighted by atomic mass is 10.1. The number of para-hydroxylation sites is 5. The lowest BCUT2D eigenvalue weighted by Crippen LogP contribution is -1.96.